The summed E-state index contributed by atoms with van der Waals surface area (Å²) < 4.78 is 1.71. The van der Waals surface area contributed by atoms with Gasteiger partial charge in [-0.1, -0.05) is 11.6 Å². The van der Waals surface area contributed by atoms with Crippen molar-refractivity contribution in [3.63, 3.8) is 0 Å². The minimum Gasteiger partial charge on any atom is -0.340 e. The molecule has 1 N–H and O–H groups in total. The van der Waals surface area contributed by atoms with Gasteiger partial charge in [-0.05, 0) is 31.2 Å². The number of hydrogen-bond donors (Lipinski definition) is 1. The Balaban J connectivity index is 2.02. The number of fused-ring (bicyclic) bond motifs is 3. The summed E-state index contributed by atoms with van der Waals surface area (Å²) in [6.07, 6.45) is 1.60. The van der Waals surface area contributed by atoms with Crippen molar-refractivity contribution in [1.82, 2.24) is 29.5 Å². The van der Waals surface area contributed by atoms with E-state index in [-0.39, 0.29) is 0 Å². The number of aromatic amines is 1. The molecule has 4 rings (SSSR count). The number of benzene rings is 1. The zero-order valence-electron chi connectivity index (χ0n) is 10.5. The maximum atomic E-state index is 5.90. The number of imidazole rings is 1. The van der Waals surface area contributed by atoms with E-state index in [9.17, 15) is 0 Å². The molecule has 0 aliphatic heterocycles. The van der Waals surface area contributed by atoms with E-state index >= 15 is 0 Å². The van der Waals surface area contributed by atoms with Crippen LogP contribution >= 0.6 is 11.6 Å². The van der Waals surface area contributed by atoms with Crippen molar-refractivity contribution in [2.45, 2.75) is 6.92 Å². The number of rotatable bonds is 1. The Labute approximate surface area is 118 Å². The molecule has 3 heterocycles. The van der Waals surface area contributed by atoms with Gasteiger partial charge in [-0.3, -0.25) is 0 Å². The molecule has 0 bridgehead atoms. The highest BCUT2D eigenvalue weighted by Crippen LogP contribution is 2.21. The summed E-state index contributed by atoms with van der Waals surface area (Å²) >= 11 is 5.90. The molecule has 0 amide bonds. The SMILES string of the molecule is Cc1nc2nc[nH]c2c2nc(-c3ccc(Cl)cc3)nn12. The van der Waals surface area contributed by atoms with Crippen LogP contribution in [0.4, 0.5) is 0 Å². The minimum atomic E-state index is 0.633. The highest BCUT2D eigenvalue weighted by atomic mass is 35.5. The Morgan fingerprint density at radius 2 is 1.95 bits per heavy atom. The van der Waals surface area contributed by atoms with Gasteiger partial charge >= 0.3 is 0 Å². The fourth-order valence-electron chi connectivity index (χ4n) is 2.16. The number of aromatic nitrogens is 6. The lowest BCUT2D eigenvalue weighted by molar-refractivity contribution is 0.877. The van der Waals surface area contributed by atoms with Crippen LogP contribution in [0.15, 0.2) is 30.6 Å². The van der Waals surface area contributed by atoms with Crippen molar-refractivity contribution < 1.29 is 0 Å². The molecule has 0 aliphatic carbocycles. The van der Waals surface area contributed by atoms with Gasteiger partial charge in [0.1, 0.15) is 11.3 Å². The Morgan fingerprint density at radius 1 is 1.15 bits per heavy atom. The summed E-state index contributed by atoms with van der Waals surface area (Å²) in [5.74, 6) is 1.38. The maximum Gasteiger partial charge on any atom is 0.185 e. The standard InChI is InChI=1S/C13H9ClN6/c1-7-17-12-10(15-6-16-12)13-18-11(19-20(7)13)8-2-4-9(14)5-3-8/h2-6H,1H3,(H,15,16). The van der Waals surface area contributed by atoms with Crippen LogP contribution in [0.25, 0.3) is 28.2 Å². The largest absolute Gasteiger partial charge is 0.340 e. The van der Waals surface area contributed by atoms with Crippen molar-refractivity contribution >= 4 is 28.4 Å². The molecule has 0 radical (unpaired) electrons. The lowest BCUT2D eigenvalue weighted by Crippen LogP contribution is -1.98. The number of nitrogens with one attached hydrogen (secondary N) is 1. The van der Waals surface area contributed by atoms with Crippen LogP contribution in [0.2, 0.25) is 5.02 Å². The molecule has 0 aliphatic rings. The lowest BCUT2D eigenvalue weighted by atomic mass is 10.2. The van der Waals surface area contributed by atoms with Gasteiger partial charge in [0.2, 0.25) is 0 Å². The van der Waals surface area contributed by atoms with Crippen LogP contribution in [0.1, 0.15) is 5.82 Å². The summed E-state index contributed by atoms with van der Waals surface area (Å²) in [7, 11) is 0. The molecule has 0 spiro atoms. The van der Waals surface area contributed by atoms with E-state index in [0.29, 0.717) is 16.5 Å². The molecular weight excluding hydrogens is 276 g/mol. The third-order valence-electron chi connectivity index (χ3n) is 3.13. The van der Waals surface area contributed by atoms with E-state index in [2.05, 4.69) is 25.0 Å². The van der Waals surface area contributed by atoms with Crippen molar-refractivity contribution in [3.8, 4) is 11.4 Å². The Bertz CT molecular complexity index is 921. The molecule has 98 valence electrons. The van der Waals surface area contributed by atoms with E-state index < -0.39 is 0 Å². The third kappa shape index (κ3) is 1.58. The summed E-state index contributed by atoms with van der Waals surface area (Å²) in [5, 5.41) is 5.18. The number of halogens is 1. The van der Waals surface area contributed by atoms with Crippen LogP contribution in [-0.4, -0.2) is 29.5 Å². The fraction of sp³-hybridized carbons (Fsp3) is 0.0769. The maximum absolute atomic E-state index is 5.90. The second kappa shape index (κ2) is 4.01. The first-order valence-electron chi connectivity index (χ1n) is 6.05. The first-order chi connectivity index (χ1) is 9.72. The molecule has 1 aromatic carbocycles. The van der Waals surface area contributed by atoms with Gasteiger partial charge in [0, 0.05) is 10.6 Å². The summed E-state index contributed by atoms with van der Waals surface area (Å²) in [5.41, 5.74) is 3.05. The summed E-state index contributed by atoms with van der Waals surface area (Å²) in [6.45, 7) is 1.88. The predicted octanol–water partition coefficient (Wildman–Crippen LogP) is 2.63. The molecule has 7 heteroatoms. The Hall–Kier alpha value is -2.47. The smallest absolute Gasteiger partial charge is 0.185 e. The molecular formula is C13H9ClN6. The average molecular weight is 285 g/mol. The molecule has 20 heavy (non-hydrogen) atoms. The van der Waals surface area contributed by atoms with Crippen molar-refractivity contribution in [2.75, 3.05) is 0 Å². The summed E-state index contributed by atoms with van der Waals surface area (Å²) in [6, 6.07) is 7.42. The quantitative estimate of drug-likeness (QED) is 0.583. The lowest BCUT2D eigenvalue weighted by Gasteiger charge is -1.96. The normalized spacial score (nSPS) is 11.5. The predicted molar refractivity (Wildman–Crippen MR) is 75.6 cm³/mol. The number of H-pyrrole nitrogens is 1. The summed E-state index contributed by atoms with van der Waals surface area (Å²) in [4.78, 5) is 16.2. The highest BCUT2D eigenvalue weighted by molar-refractivity contribution is 6.30. The van der Waals surface area contributed by atoms with Crippen LogP contribution in [0.3, 0.4) is 0 Å². The molecule has 6 nitrogen and oxygen atoms in total. The molecule has 0 atom stereocenters. The second-order valence-electron chi connectivity index (χ2n) is 4.44. The van der Waals surface area contributed by atoms with Gasteiger partial charge in [0.15, 0.2) is 17.1 Å². The molecule has 0 saturated carbocycles. The Morgan fingerprint density at radius 3 is 2.75 bits per heavy atom. The van der Waals surface area contributed by atoms with Crippen molar-refractivity contribution in [1.29, 1.82) is 0 Å². The first-order valence-corrected chi connectivity index (χ1v) is 6.42. The van der Waals surface area contributed by atoms with Crippen LogP contribution in [0, 0.1) is 6.92 Å². The minimum absolute atomic E-state index is 0.633. The van der Waals surface area contributed by atoms with Crippen molar-refractivity contribution in [2.24, 2.45) is 0 Å². The zero-order valence-corrected chi connectivity index (χ0v) is 11.3. The van der Waals surface area contributed by atoms with Gasteiger partial charge in [0.05, 0.1) is 6.33 Å². The van der Waals surface area contributed by atoms with E-state index in [1.807, 2.05) is 31.2 Å². The zero-order chi connectivity index (χ0) is 13.7. The van der Waals surface area contributed by atoms with E-state index in [4.69, 9.17) is 11.6 Å². The third-order valence-corrected chi connectivity index (χ3v) is 3.38. The molecule has 4 aromatic rings. The number of nitrogens with zero attached hydrogens (tertiary/aromatic N) is 5. The van der Waals surface area contributed by atoms with E-state index in [1.165, 1.54) is 0 Å². The van der Waals surface area contributed by atoms with Gasteiger partial charge in [-0.2, -0.15) is 4.52 Å². The van der Waals surface area contributed by atoms with Crippen LogP contribution in [-0.2, 0) is 0 Å². The second-order valence-corrected chi connectivity index (χ2v) is 4.87. The van der Waals surface area contributed by atoms with E-state index in [1.54, 1.807) is 10.8 Å². The molecule has 0 fully saturated rings. The van der Waals surface area contributed by atoms with Crippen LogP contribution < -0.4 is 0 Å². The van der Waals surface area contributed by atoms with Crippen LogP contribution in [0.5, 0.6) is 0 Å². The first kappa shape index (κ1) is 11.4. The highest BCUT2D eigenvalue weighted by Gasteiger charge is 2.13. The number of hydrogen-bond acceptors (Lipinski definition) is 4. The number of aryl methyl sites for hydroxylation is 1. The fourth-order valence-corrected chi connectivity index (χ4v) is 2.28. The van der Waals surface area contributed by atoms with Gasteiger partial charge in [-0.15, -0.1) is 5.10 Å². The Kier molecular flexibility index (Phi) is 2.28. The van der Waals surface area contributed by atoms with E-state index in [0.717, 1.165) is 22.6 Å². The monoisotopic (exact) mass is 284 g/mol. The van der Waals surface area contributed by atoms with Gasteiger partial charge < -0.3 is 4.98 Å². The molecule has 0 saturated heterocycles. The van der Waals surface area contributed by atoms with Gasteiger partial charge in [-0.25, -0.2) is 15.0 Å². The molecule has 0 unspecified atom stereocenters. The molecule has 3 aromatic heterocycles. The van der Waals surface area contributed by atoms with Gasteiger partial charge in [0.25, 0.3) is 0 Å². The average Bonchev–Trinajstić information content (AvgIpc) is 3.05. The topological polar surface area (TPSA) is 71.8 Å². The van der Waals surface area contributed by atoms with Crippen molar-refractivity contribution in [3.05, 3.63) is 41.4 Å².